The molecule has 39 heavy (non-hydrogen) atoms. The van der Waals surface area contributed by atoms with Crippen LogP contribution in [0.4, 0.5) is 9.52 Å². The molecule has 0 bridgehead atoms. The lowest BCUT2D eigenvalue weighted by Crippen LogP contribution is -2.35. The minimum absolute atomic E-state index is 0.0538. The minimum Gasteiger partial charge on any atom is -0.481 e. The first-order valence-electron chi connectivity index (χ1n) is 12.1. The van der Waals surface area contributed by atoms with E-state index in [-0.39, 0.29) is 23.7 Å². The molecule has 1 N–H and O–H groups in total. The highest BCUT2D eigenvalue weighted by atomic mass is 35.5. The van der Waals surface area contributed by atoms with Crippen LogP contribution in [-0.2, 0) is 23.1 Å². The predicted molar refractivity (Wildman–Crippen MR) is 152 cm³/mol. The molecule has 0 radical (unpaired) electrons. The second-order valence-electron chi connectivity index (χ2n) is 9.25. The Balaban J connectivity index is 1.49. The van der Waals surface area contributed by atoms with E-state index >= 15 is 4.39 Å². The van der Waals surface area contributed by atoms with Crippen molar-refractivity contribution in [3.05, 3.63) is 88.8 Å². The quantitative estimate of drug-likeness (QED) is 0.235. The van der Waals surface area contributed by atoms with Crippen molar-refractivity contribution in [3.8, 4) is 22.4 Å². The molecule has 0 aliphatic heterocycles. The van der Waals surface area contributed by atoms with Crippen LogP contribution in [-0.4, -0.2) is 38.6 Å². The van der Waals surface area contributed by atoms with Crippen LogP contribution in [0.3, 0.4) is 0 Å². The number of fused-ring (bicyclic) bond motifs is 1. The average molecular weight is 563 g/mol. The third kappa shape index (κ3) is 5.55. The first-order chi connectivity index (χ1) is 18.7. The molecule has 198 valence electrons. The number of amides is 1. The number of aliphatic carboxylic acids is 1. The van der Waals surface area contributed by atoms with Gasteiger partial charge in [0.1, 0.15) is 11.3 Å². The van der Waals surface area contributed by atoms with Gasteiger partial charge in [-0.05, 0) is 41.8 Å². The SMILES string of the molecule is CN(C(=O)C(CC(=O)O)Cc1ccccc1)c1nc(-c2cc(Cl)ccc2-c2cnc3c(ccn3C)c2)c(F)s1. The fourth-order valence-electron chi connectivity index (χ4n) is 4.59. The molecule has 0 saturated heterocycles. The number of carbonyl (C=O) groups excluding carboxylic acids is 1. The number of rotatable bonds is 8. The summed E-state index contributed by atoms with van der Waals surface area (Å²) in [5.74, 6) is -2.38. The van der Waals surface area contributed by atoms with Crippen LogP contribution >= 0.6 is 22.9 Å². The molecule has 7 nitrogen and oxygen atoms in total. The van der Waals surface area contributed by atoms with Crippen molar-refractivity contribution in [2.75, 3.05) is 11.9 Å². The molecule has 5 aromatic rings. The van der Waals surface area contributed by atoms with E-state index in [9.17, 15) is 14.7 Å². The number of pyridine rings is 1. The van der Waals surface area contributed by atoms with E-state index in [4.69, 9.17) is 11.6 Å². The van der Waals surface area contributed by atoms with Gasteiger partial charge in [-0.1, -0.05) is 59.3 Å². The van der Waals surface area contributed by atoms with Crippen LogP contribution in [0.5, 0.6) is 0 Å². The zero-order valence-corrected chi connectivity index (χ0v) is 22.7. The van der Waals surface area contributed by atoms with Gasteiger partial charge in [0.2, 0.25) is 11.0 Å². The van der Waals surface area contributed by atoms with Gasteiger partial charge in [-0.25, -0.2) is 9.97 Å². The molecule has 3 heterocycles. The summed E-state index contributed by atoms with van der Waals surface area (Å²) in [4.78, 5) is 35.2. The van der Waals surface area contributed by atoms with Crippen LogP contribution in [0.25, 0.3) is 33.4 Å². The zero-order valence-electron chi connectivity index (χ0n) is 21.1. The third-order valence-electron chi connectivity index (χ3n) is 6.54. The van der Waals surface area contributed by atoms with Gasteiger partial charge in [-0.2, -0.15) is 4.39 Å². The van der Waals surface area contributed by atoms with Crippen molar-refractivity contribution >= 4 is 51.0 Å². The van der Waals surface area contributed by atoms with E-state index in [0.717, 1.165) is 33.5 Å². The normalized spacial score (nSPS) is 12.0. The van der Waals surface area contributed by atoms with Crippen molar-refractivity contribution in [1.29, 1.82) is 0 Å². The lowest BCUT2D eigenvalue weighted by Gasteiger charge is -2.21. The summed E-state index contributed by atoms with van der Waals surface area (Å²) < 4.78 is 17.3. The van der Waals surface area contributed by atoms with Crippen molar-refractivity contribution in [3.63, 3.8) is 0 Å². The first-order valence-corrected chi connectivity index (χ1v) is 13.3. The van der Waals surface area contributed by atoms with Gasteiger partial charge in [0.25, 0.3) is 0 Å². The molecule has 1 unspecified atom stereocenters. The number of hydrogen-bond donors (Lipinski definition) is 1. The van der Waals surface area contributed by atoms with Crippen LogP contribution in [0.15, 0.2) is 73.1 Å². The summed E-state index contributed by atoms with van der Waals surface area (Å²) >= 11 is 7.03. The lowest BCUT2D eigenvalue weighted by molar-refractivity contribution is -0.140. The fraction of sp³-hybridized carbons (Fsp3) is 0.172. The molecule has 0 fully saturated rings. The summed E-state index contributed by atoms with van der Waals surface area (Å²) in [6.45, 7) is 0. The number of carbonyl (C=O) groups is 2. The molecule has 10 heteroatoms. The standard InChI is InChI=1S/C29H24ClFN4O3S/c1-34-11-10-18-13-20(16-32-27(18)34)22-9-8-21(30)15-23(22)25-26(31)39-29(33-25)35(2)28(38)19(14-24(36)37)12-17-6-4-3-5-7-17/h3-11,13,15-16,19H,12,14H2,1-2H3,(H,36,37). The number of anilines is 1. The Bertz CT molecular complexity index is 1680. The summed E-state index contributed by atoms with van der Waals surface area (Å²) in [5, 5.41) is 10.3. The number of thiazole rings is 1. The highest BCUT2D eigenvalue weighted by Crippen LogP contribution is 2.39. The number of halogens is 2. The smallest absolute Gasteiger partial charge is 0.304 e. The number of nitrogens with zero attached hydrogens (tertiary/aromatic N) is 4. The highest BCUT2D eigenvalue weighted by molar-refractivity contribution is 7.14. The Hall–Kier alpha value is -4.08. The van der Waals surface area contributed by atoms with Crippen LogP contribution in [0, 0.1) is 11.0 Å². The van der Waals surface area contributed by atoms with E-state index in [0.29, 0.717) is 16.1 Å². The molecule has 1 amide bonds. The fourth-order valence-corrected chi connectivity index (χ4v) is 5.54. The van der Waals surface area contributed by atoms with Crippen molar-refractivity contribution in [2.24, 2.45) is 13.0 Å². The number of carboxylic acid groups (broad SMARTS) is 1. The number of benzene rings is 2. The summed E-state index contributed by atoms with van der Waals surface area (Å²) in [6.07, 6.45) is 3.52. The van der Waals surface area contributed by atoms with Crippen molar-refractivity contribution < 1.29 is 19.1 Å². The molecule has 5 rings (SSSR count). The van der Waals surface area contributed by atoms with E-state index in [1.54, 1.807) is 24.4 Å². The molecule has 0 aliphatic rings. The average Bonchev–Trinajstić information content (AvgIpc) is 3.49. The Morgan fingerprint density at radius 2 is 1.90 bits per heavy atom. The maximum Gasteiger partial charge on any atom is 0.304 e. The van der Waals surface area contributed by atoms with Crippen molar-refractivity contribution in [2.45, 2.75) is 12.8 Å². The largest absolute Gasteiger partial charge is 0.481 e. The van der Waals surface area contributed by atoms with Gasteiger partial charge in [-0.3, -0.25) is 14.5 Å². The molecule has 0 spiro atoms. The topological polar surface area (TPSA) is 88.3 Å². The summed E-state index contributed by atoms with van der Waals surface area (Å²) in [6, 6.07) is 18.3. The third-order valence-corrected chi connectivity index (χ3v) is 7.70. The summed E-state index contributed by atoms with van der Waals surface area (Å²) in [5.41, 5.74) is 3.63. The molecule has 0 saturated carbocycles. The Morgan fingerprint density at radius 1 is 1.13 bits per heavy atom. The number of aryl methyl sites for hydroxylation is 1. The van der Waals surface area contributed by atoms with Gasteiger partial charge in [0, 0.05) is 48.0 Å². The number of hydrogen-bond acceptors (Lipinski definition) is 5. The van der Waals surface area contributed by atoms with Gasteiger partial charge >= 0.3 is 5.97 Å². The van der Waals surface area contributed by atoms with E-state index in [1.165, 1.54) is 11.9 Å². The molecular weight excluding hydrogens is 539 g/mol. The predicted octanol–water partition coefficient (Wildman–Crippen LogP) is 6.45. The number of aromatic nitrogens is 3. The van der Waals surface area contributed by atoms with Gasteiger partial charge in [-0.15, -0.1) is 0 Å². The van der Waals surface area contributed by atoms with Gasteiger partial charge < -0.3 is 9.67 Å². The van der Waals surface area contributed by atoms with E-state index < -0.39 is 22.9 Å². The Kier molecular flexibility index (Phi) is 7.45. The molecular formula is C29H24ClFN4O3S. The van der Waals surface area contributed by atoms with Crippen LogP contribution in [0.1, 0.15) is 12.0 Å². The van der Waals surface area contributed by atoms with E-state index in [2.05, 4.69) is 9.97 Å². The first kappa shape index (κ1) is 26.5. The molecule has 2 aromatic carbocycles. The van der Waals surface area contributed by atoms with Gasteiger partial charge in [0.05, 0.1) is 12.3 Å². The monoisotopic (exact) mass is 562 g/mol. The molecule has 1 atom stereocenters. The second-order valence-corrected chi connectivity index (χ2v) is 10.6. The van der Waals surface area contributed by atoms with Gasteiger partial charge in [0.15, 0.2) is 5.13 Å². The molecule has 0 aliphatic carbocycles. The maximum absolute atomic E-state index is 15.4. The summed E-state index contributed by atoms with van der Waals surface area (Å²) in [7, 11) is 3.39. The Morgan fingerprint density at radius 3 is 2.64 bits per heavy atom. The maximum atomic E-state index is 15.4. The number of carboxylic acids is 1. The lowest BCUT2D eigenvalue weighted by atomic mass is 9.95. The minimum atomic E-state index is -1.09. The van der Waals surface area contributed by atoms with Crippen LogP contribution < -0.4 is 4.90 Å². The van der Waals surface area contributed by atoms with Crippen molar-refractivity contribution in [1.82, 2.24) is 14.5 Å². The highest BCUT2D eigenvalue weighted by Gasteiger charge is 2.29. The van der Waals surface area contributed by atoms with Crippen LogP contribution in [0.2, 0.25) is 5.02 Å². The van der Waals surface area contributed by atoms with E-state index in [1.807, 2.05) is 60.3 Å². The second kappa shape index (κ2) is 11.0. The molecule has 3 aromatic heterocycles. The zero-order chi connectivity index (χ0) is 27.7. The Labute approximate surface area is 233 Å².